The number of carbonyl (C=O) groups excluding carboxylic acids is 2. The number of nitrogens with one attached hydrogen (secondary N) is 1. The summed E-state index contributed by atoms with van der Waals surface area (Å²) in [4.78, 5) is 23.5. The first-order chi connectivity index (χ1) is 10.5. The molecule has 1 aromatic heterocycles. The first-order valence-corrected chi connectivity index (χ1v) is 6.78. The Morgan fingerprint density at radius 3 is 3.00 bits per heavy atom. The van der Waals surface area contributed by atoms with Crippen LogP contribution < -0.4 is 5.32 Å². The zero-order valence-electron chi connectivity index (χ0n) is 12.2. The lowest BCUT2D eigenvalue weighted by molar-refractivity contribution is -0.154. The Balaban J connectivity index is 1.99. The first kappa shape index (κ1) is 15.6. The first-order valence-electron chi connectivity index (χ1n) is 6.78. The molecular weight excluding hydrogens is 286 g/mol. The Hall–Kier alpha value is -2.76. The van der Waals surface area contributed by atoms with Crippen LogP contribution in [0.4, 0.5) is 0 Å². The van der Waals surface area contributed by atoms with Crippen molar-refractivity contribution in [2.24, 2.45) is 0 Å². The SMILES string of the molecule is C=CCNC(=O)[C@H](C)OC(=O)Cc1coc2cc(O)ccc12. The van der Waals surface area contributed by atoms with Gasteiger partial charge in [-0.2, -0.15) is 0 Å². The smallest absolute Gasteiger partial charge is 0.311 e. The second-order valence-corrected chi connectivity index (χ2v) is 4.78. The van der Waals surface area contributed by atoms with Gasteiger partial charge in [-0.15, -0.1) is 6.58 Å². The highest BCUT2D eigenvalue weighted by Gasteiger charge is 2.18. The van der Waals surface area contributed by atoms with Crippen molar-refractivity contribution in [2.45, 2.75) is 19.4 Å². The number of phenolic OH excluding ortho intramolecular Hbond substituents is 1. The molecule has 0 aliphatic heterocycles. The standard InChI is InChI=1S/C16H17NO5/c1-3-6-17-16(20)10(2)22-15(19)7-11-9-21-14-8-12(18)4-5-13(11)14/h3-5,8-10,18H,1,6-7H2,2H3,(H,17,20)/t10-/m0/s1. The molecule has 6 heteroatoms. The molecule has 1 atom stereocenters. The number of rotatable bonds is 6. The summed E-state index contributed by atoms with van der Waals surface area (Å²) in [7, 11) is 0. The van der Waals surface area contributed by atoms with Crippen molar-refractivity contribution < 1.29 is 23.8 Å². The van der Waals surface area contributed by atoms with Crippen LogP contribution in [0, 0.1) is 0 Å². The summed E-state index contributed by atoms with van der Waals surface area (Å²) >= 11 is 0. The predicted octanol–water partition coefficient (Wildman–Crippen LogP) is 1.91. The van der Waals surface area contributed by atoms with Crippen LogP contribution in [-0.4, -0.2) is 29.6 Å². The van der Waals surface area contributed by atoms with Gasteiger partial charge in [-0.05, 0) is 19.1 Å². The van der Waals surface area contributed by atoms with Gasteiger partial charge in [0.15, 0.2) is 6.10 Å². The van der Waals surface area contributed by atoms with Crippen molar-refractivity contribution in [3.63, 3.8) is 0 Å². The van der Waals surface area contributed by atoms with Gasteiger partial charge in [0.25, 0.3) is 5.91 Å². The van der Waals surface area contributed by atoms with E-state index in [-0.39, 0.29) is 18.1 Å². The third-order valence-corrected chi connectivity index (χ3v) is 3.07. The molecule has 0 fully saturated rings. The fraction of sp³-hybridized carbons (Fsp3) is 0.250. The van der Waals surface area contributed by atoms with E-state index in [1.165, 1.54) is 25.3 Å². The number of furan rings is 1. The molecule has 22 heavy (non-hydrogen) atoms. The maximum Gasteiger partial charge on any atom is 0.311 e. The Morgan fingerprint density at radius 2 is 2.27 bits per heavy atom. The summed E-state index contributed by atoms with van der Waals surface area (Å²) in [5.41, 5.74) is 1.12. The van der Waals surface area contributed by atoms with Crippen LogP contribution in [0.5, 0.6) is 5.75 Å². The maximum absolute atomic E-state index is 11.9. The van der Waals surface area contributed by atoms with Crippen molar-refractivity contribution in [3.8, 4) is 5.75 Å². The van der Waals surface area contributed by atoms with E-state index in [1.54, 1.807) is 12.1 Å². The van der Waals surface area contributed by atoms with Crippen molar-refractivity contribution in [2.75, 3.05) is 6.54 Å². The fourth-order valence-electron chi connectivity index (χ4n) is 1.97. The van der Waals surface area contributed by atoms with Gasteiger partial charge in [0, 0.05) is 23.6 Å². The molecule has 0 radical (unpaired) electrons. The number of carbonyl (C=O) groups is 2. The molecule has 0 saturated heterocycles. The number of amides is 1. The van der Waals surface area contributed by atoms with E-state index in [9.17, 15) is 14.7 Å². The second-order valence-electron chi connectivity index (χ2n) is 4.78. The molecule has 2 N–H and O–H groups in total. The molecule has 116 valence electrons. The van der Waals surface area contributed by atoms with Crippen LogP contribution in [0.1, 0.15) is 12.5 Å². The van der Waals surface area contributed by atoms with Gasteiger partial charge >= 0.3 is 5.97 Å². The van der Waals surface area contributed by atoms with Crippen LogP contribution in [0.3, 0.4) is 0 Å². The largest absolute Gasteiger partial charge is 0.508 e. The topological polar surface area (TPSA) is 88.8 Å². The number of fused-ring (bicyclic) bond motifs is 1. The van der Waals surface area contributed by atoms with Crippen molar-refractivity contribution in [1.82, 2.24) is 5.32 Å². The molecule has 0 aliphatic carbocycles. The second kappa shape index (κ2) is 6.80. The lowest BCUT2D eigenvalue weighted by Gasteiger charge is -2.12. The highest BCUT2D eigenvalue weighted by Crippen LogP contribution is 2.25. The van der Waals surface area contributed by atoms with Crippen LogP contribution >= 0.6 is 0 Å². The number of esters is 1. The highest BCUT2D eigenvalue weighted by molar-refractivity contribution is 5.88. The van der Waals surface area contributed by atoms with Crippen molar-refractivity contribution in [1.29, 1.82) is 0 Å². The summed E-state index contributed by atoms with van der Waals surface area (Å²) in [5, 5.41) is 12.6. The fourth-order valence-corrected chi connectivity index (χ4v) is 1.97. The zero-order valence-corrected chi connectivity index (χ0v) is 12.2. The molecule has 0 saturated carbocycles. The summed E-state index contributed by atoms with van der Waals surface area (Å²) in [6, 6.07) is 4.64. The number of hydrogen-bond acceptors (Lipinski definition) is 5. The van der Waals surface area contributed by atoms with Crippen LogP contribution in [0.25, 0.3) is 11.0 Å². The summed E-state index contributed by atoms with van der Waals surface area (Å²) in [6.45, 7) is 5.31. The van der Waals surface area contributed by atoms with Crippen LogP contribution in [0.15, 0.2) is 41.5 Å². The van der Waals surface area contributed by atoms with Gasteiger partial charge in [0.05, 0.1) is 12.7 Å². The number of aromatic hydroxyl groups is 1. The van der Waals surface area contributed by atoms with E-state index in [1.807, 2.05) is 0 Å². The summed E-state index contributed by atoms with van der Waals surface area (Å²) in [6.07, 6.45) is 2.08. The number of hydrogen-bond donors (Lipinski definition) is 2. The van der Waals surface area contributed by atoms with E-state index in [2.05, 4.69) is 11.9 Å². The predicted molar refractivity (Wildman–Crippen MR) is 80.3 cm³/mol. The Kier molecular flexibility index (Phi) is 4.83. The normalized spacial score (nSPS) is 11.9. The summed E-state index contributed by atoms with van der Waals surface area (Å²) < 4.78 is 10.4. The zero-order chi connectivity index (χ0) is 16.1. The van der Waals surface area contributed by atoms with E-state index < -0.39 is 12.1 Å². The number of benzene rings is 1. The minimum atomic E-state index is -0.880. The molecule has 0 aliphatic rings. The van der Waals surface area contributed by atoms with Crippen LogP contribution in [-0.2, 0) is 20.7 Å². The van der Waals surface area contributed by atoms with Gasteiger partial charge in [-0.3, -0.25) is 9.59 Å². The van der Waals surface area contributed by atoms with E-state index in [4.69, 9.17) is 9.15 Å². The van der Waals surface area contributed by atoms with Crippen LogP contribution in [0.2, 0.25) is 0 Å². The Bertz CT molecular complexity index is 704. The van der Waals surface area contributed by atoms with E-state index in [0.717, 1.165) is 5.39 Å². The van der Waals surface area contributed by atoms with Gasteiger partial charge in [-0.1, -0.05) is 6.08 Å². The third-order valence-electron chi connectivity index (χ3n) is 3.07. The van der Waals surface area contributed by atoms with E-state index >= 15 is 0 Å². The van der Waals surface area contributed by atoms with Crippen molar-refractivity contribution >= 4 is 22.8 Å². The molecule has 0 bridgehead atoms. The molecular formula is C16H17NO5. The minimum absolute atomic E-state index is 0.0170. The average molecular weight is 303 g/mol. The maximum atomic E-state index is 11.9. The van der Waals surface area contributed by atoms with E-state index in [0.29, 0.717) is 17.7 Å². The molecule has 1 amide bonds. The lowest BCUT2D eigenvalue weighted by atomic mass is 10.1. The highest BCUT2D eigenvalue weighted by atomic mass is 16.5. The molecule has 0 unspecified atom stereocenters. The van der Waals surface area contributed by atoms with Gasteiger partial charge in [0.1, 0.15) is 11.3 Å². The average Bonchev–Trinajstić information content (AvgIpc) is 2.86. The molecule has 2 aromatic rings. The van der Waals surface area contributed by atoms with Gasteiger partial charge < -0.3 is 19.6 Å². The quantitative estimate of drug-likeness (QED) is 0.628. The van der Waals surface area contributed by atoms with Gasteiger partial charge in [-0.25, -0.2) is 0 Å². The van der Waals surface area contributed by atoms with Crippen molar-refractivity contribution in [3.05, 3.63) is 42.7 Å². The molecule has 6 nitrogen and oxygen atoms in total. The molecule has 0 spiro atoms. The number of phenols is 1. The Labute approximate surface area is 127 Å². The lowest BCUT2D eigenvalue weighted by Crippen LogP contribution is -2.36. The molecule has 1 heterocycles. The molecule has 2 rings (SSSR count). The molecule has 1 aromatic carbocycles. The number of ether oxygens (including phenoxy) is 1. The monoisotopic (exact) mass is 303 g/mol. The van der Waals surface area contributed by atoms with Gasteiger partial charge in [0.2, 0.25) is 0 Å². The Morgan fingerprint density at radius 1 is 1.50 bits per heavy atom. The third kappa shape index (κ3) is 3.66. The summed E-state index contributed by atoms with van der Waals surface area (Å²) in [5.74, 6) is -0.823. The minimum Gasteiger partial charge on any atom is -0.508 e.